The van der Waals surface area contributed by atoms with E-state index in [-0.39, 0.29) is 29.5 Å². The number of hydrogen-bond donors (Lipinski definition) is 1. The van der Waals surface area contributed by atoms with Crippen LogP contribution >= 0.6 is 0 Å². The van der Waals surface area contributed by atoms with Gasteiger partial charge in [0, 0.05) is 18.7 Å². The van der Waals surface area contributed by atoms with Crippen LogP contribution in [-0.4, -0.2) is 54.3 Å². The highest BCUT2D eigenvalue weighted by Crippen LogP contribution is 2.21. The van der Waals surface area contributed by atoms with Crippen LogP contribution < -0.4 is 5.32 Å². The molecular formula is C25H33N3O7S. The number of alkyl carbamates (subject to hydrolysis) is 1. The Balaban J connectivity index is 2.34. The number of non-ortho nitro benzene ring substituents is 1. The summed E-state index contributed by atoms with van der Waals surface area (Å²) in [6.45, 7) is 8.25. The Kier molecular flexibility index (Phi) is 9.71. The summed E-state index contributed by atoms with van der Waals surface area (Å²) in [6, 6.07) is 12.5. The fourth-order valence-corrected chi connectivity index (χ4v) is 4.94. The molecule has 0 unspecified atom stereocenters. The molecule has 2 aromatic carbocycles. The monoisotopic (exact) mass is 519 g/mol. The summed E-state index contributed by atoms with van der Waals surface area (Å²) in [7, 11) is -4.15. The number of benzene rings is 2. The largest absolute Gasteiger partial charge is 0.444 e. The van der Waals surface area contributed by atoms with Gasteiger partial charge in [-0.1, -0.05) is 44.2 Å². The van der Waals surface area contributed by atoms with Gasteiger partial charge in [0.05, 0.1) is 22.4 Å². The van der Waals surface area contributed by atoms with Gasteiger partial charge in [-0.05, 0) is 50.8 Å². The number of hydrogen-bond acceptors (Lipinski definition) is 7. The fourth-order valence-electron chi connectivity index (χ4n) is 3.37. The summed E-state index contributed by atoms with van der Waals surface area (Å²) in [5.41, 5.74) is -0.252. The lowest BCUT2D eigenvalue weighted by Crippen LogP contribution is -2.49. The molecule has 0 aromatic heterocycles. The average Bonchev–Trinajstić information content (AvgIpc) is 2.77. The lowest BCUT2D eigenvalue weighted by atomic mass is 10.0. The maximum atomic E-state index is 13.4. The molecule has 0 saturated carbocycles. The van der Waals surface area contributed by atoms with Gasteiger partial charge < -0.3 is 10.1 Å². The van der Waals surface area contributed by atoms with Gasteiger partial charge in [-0.2, -0.15) is 4.31 Å². The number of nitro groups is 1. The standard InChI is InChI=1S/C25H33N3O7S/c1-18(2)16-27(36(33,34)21-13-11-20(12-14-21)28(31)32)17-23(29)22(15-19-9-7-6-8-10-19)26-24(30)35-25(3,4)5/h6-14,18,22H,15-17H2,1-5H3,(H,26,30)/t22-/m0/s1. The summed E-state index contributed by atoms with van der Waals surface area (Å²) in [4.78, 5) is 36.0. The van der Waals surface area contributed by atoms with Gasteiger partial charge in [0.2, 0.25) is 10.0 Å². The third kappa shape index (κ3) is 8.72. The van der Waals surface area contributed by atoms with Gasteiger partial charge >= 0.3 is 6.09 Å². The lowest BCUT2D eigenvalue weighted by Gasteiger charge is -2.27. The Morgan fingerprint density at radius 3 is 2.14 bits per heavy atom. The van der Waals surface area contributed by atoms with Gasteiger partial charge in [0.25, 0.3) is 5.69 Å². The Hall–Kier alpha value is -3.31. The Morgan fingerprint density at radius 1 is 1.06 bits per heavy atom. The smallest absolute Gasteiger partial charge is 0.408 e. The minimum atomic E-state index is -4.15. The second-order valence-electron chi connectivity index (χ2n) is 9.80. The molecule has 1 amide bonds. The molecule has 0 heterocycles. The van der Waals surface area contributed by atoms with E-state index >= 15 is 0 Å². The van der Waals surface area contributed by atoms with Gasteiger partial charge in [-0.3, -0.25) is 14.9 Å². The summed E-state index contributed by atoms with van der Waals surface area (Å²) < 4.78 is 33.1. The van der Waals surface area contributed by atoms with Gasteiger partial charge in [-0.15, -0.1) is 0 Å². The summed E-state index contributed by atoms with van der Waals surface area (Å²) in [6.07, 6.45) is -0.642. The molecular weight excluding hydrogens is 486 g/mol. The quantitative estimate of drug-likeness (QED) is 0.351. The van der Waals surface area contributed by atoms with Crippen LogP contribution in [0.5, 0.6) is 0 Å². The van der Waals surface area contributed by atoms with Crippen molar-refractivity contribution in [1.29, 1.82) is 0 Å². The molecule has 0 fully saturated rings. The van der Waals surface area contributed by atoms with Gasteiger partial charge in [-0.25, -0.2) is 13.2 Å². The second-order valence-corrected chi connectivity index (χ2v) is 11.7. The first-order chi connectivity index (χ1) is 16.7. The van der Waals surface area contributed by atoms with Crippen LogP contribution in [0, 0.1) is 16.0 Å². The number of amides is 1. The zero-order valence-electron chi connectivity index (χ0n) is 21.1. The summed E-state index contributed by atoms with van der Waals surface area (Å²) in [5.74, 6) is -0.632. The van der Waals surface area contributed by atoms with E-state index < -0.39 is 45.0 Å². The van der Waals surface area contributed by atoms with E-state index in [1.807, 2.05) is 19.9 Å². The molecule has 11 heteroatoms. The van der Waals surface area contributed by atoms with Crippen molar-refractivity contribution in [2.75, 3.05) is 13.1 Å². The van der Waals surface area contributed by atoms with Crippen LogP contribution in [0.3, 0.4) is 0 Å². The number of ether oxygens (including phenoxy) is 1. The Labute approximate surface area is 211 Å². The highest BCUT2D eigenvalue weighted by molar-refractivity contribution is 7.89. The van der Waals surface area contributed by atoms with Crippen molar-refractivity contribution in [3.63, 3.8) is 0 Å². The van der Waals surface area contributed by atoms with Gasteiger partial charge in [0.15, 0.2) is 5.78 Å². The van der Waals surface area contributed by atoms with Crippen LogP contribution in [0.1, 0.15) is 40.2 Å². The minimum absolute atomic E-state index is 0.0373. The lowest BCUT2D eigenvalue weighted by molar-refractivity contribution is -0.384. The molecule has 10 nitrogen and oxygen atoms in total. The number of rotatable bonds is 11. The zero-order chi connectivity index (χ0) is 27.1. The van der Waals surface area contributed by atoms with E-state index in [1.165, 1.54) is 0 Å². The second kappa shape index (κ2) is 12.1. The maximum absolute atomic E-state index is 13.4. The van der Waals surface area contributed by atoms with Crippen molar-refractivity contribution in [2.24, 2.45) is 5.92 Å². The van der Waals surface area contributed by atoms with Crippen LogP contribution in [0.25, 0.3) is 0 Å². The number of nitrogens with zero attached hydrogens (tertiary/aromatic N) is 2. The van der Waals surface area contributed by atoms with E-state index in [0.29, 0.717) is 0 Å². The molecule has 0 spiro atoms. The van der Waals surface area contributed by atoms with Crippen molar-refractivity contribution in [3.05, 3.63) is 70.3 Å². The minimum Gasteiger partial charge on any atom is -0.444 e. The summed E-state index contributed by atoms with van der Waals surface area (Å²) >= 11 is 0. The molecule has 0 radical (unpaired) electrons. The molecule has 0 aliphatic carbocycles. The number of Topliss-reactive ketones (excluding diaryl/α,β-unsaturated/α-hetero) is 1. The molecule has 36 heavy (non-hydrogen) atoms. The third-order valence-corrected chi connectivity index (χ3v) is 6.77. The van der Waals surface area contributed by atoms with Crippen LogP contribution in [0.2, 0.25) is 0 Å². The maximum Gasteiger partial charge on any atom is 0.408 e. The van der Waals surface area contributed by atoms with E-state index in [1.54, 1.807) is 45.0 Å². The molecule has 1 atom stereocenters. The van der Waals surface area contributed by atoms with Crippen LogP contribution in [0.4, 0.5) is 10.5 Å². The van der Waals surface area contributed by atoms with Crippen molar-refractivity contribution in [2.45, 2.75) is 57.6 Å². The molecule has 2 rings (SSSR count). The first kappa shape index (κ1) is 28.9. The number of carbonyl (C=O) groups is 2. The van der Waals surface area contributed by atoms with E-state index in [2.05, 4.69) is 5.32 Å². The highest BCUT2D eigenvalue weighted by Gasteiger charge is 2.32. The molecule has 0 bridgehead atoms. The topological polar surface area (TPSA) is 136 Å². The van der Waals surface area contributed by atoms with Crippen LogP contribution in [-0.2, 0) is 26.0 Å². The van der Waals surface area contributed by atoms with E-state index in [9.17, 15) is 28.1 Å². The first-order valence-corrected chi connectivity index (χ1v) is 12.9. The Bertz CT molecular complexity index is 1160. The molecule has 0 saturated heterocycles. The SMILES string of the molecule is CC(C)CN(CC(=O)[C@H](Cc1ccccc1)NC(=O)OC(C)(C)C)S(=O)(=O)c1ccc([N+](=O)[O-])cc1. The average molecular weight is 520 g/mol. The normalized spacial score (nSPS) is 12.9. The molecule has 2 aromatic rings. The van der Waals surface area contributed by atoms with Crippen molar-refractivity contribution in [3.8, 4) is 0 Å². The molecule has 196 valence electrons. The van der Waals surface area contributed by atoms with E-state index in [4.69, 9.17) is 4.74 Å². The molecule has 1 N–H and O–H groups in total. The fraction of sp³-hybridized carbons (Fsp3) is 0.440. The predicted octanol–water partition coefficient (Wildman–Crippen LogP) is 3.95. The number of nitro benzene ring substituents is 1. The van der Waals surface area contributed by atoms with Crippen molar-refractivity contribution in [1.82, 2.24) is 9.62 Å². The van der Waals surface area contributed by atoms with E-state index in [0.717, 1.165) is 34.1 Å². The first-order valence-electron chi connectivity index (χ1n) is 11.5. The van der Waals surface area contributed by atoms with Crippen LogP contribution in [0.15, 0.2) is 59.5 Å². The number of carbonyl (C=O) groups excluding carboxylic acids is 2. The number of nitrogens with one attached hydrogen (secondary N) is 1. The van der Waals surface area contributed by atoms with Gasteiger partial charge in [0.1, 0.15) is 5.60 Å². The van der Waals surface area contributed by atoms with Crippen molar-refractivity contribution < 1.29 is 27.7 Å². The highest BCUT2D eigenvalue weighted by atomic mass is 32.2. The third-order valence-electron chi connectivity index (χ3n) is 4.95. The number of sulfonamides is 1. The van der Waals surface area contributed by atoms with Crippen molar-refractivity contribution >= 4 is 27.6 Å². The summed E-state index contributed by atoms with van der Waals surface area (Å²) in [5, 5.41) is 13.5. The predicted molar refractivity (Wildman–Crippen MR) is 135 cm³/mol. The molecule has 0 aliphatic rings. The number of ketones is 1. The Morgan fingerprint density at radius 2 is 1.64 bits per heavy atom. The molecule has 0 aliphatic heterocycles. The zero-order valence-corrected chi connectivity index (χ0v) is 21.9.